The molecule has 3 aromatic rings. The smallest absolute Gasteiger partial charge is 0.349 e. The number of aryl methyl sites for hydroxylation is 1. The summed E-state index contributed by atoms with van der Waals surface area (Å²) in [6, 6.07) is 5.93. The number of ether oxygens (including phenoxy) is 1. The summed E-state index contributed by atoms with van der Waals surface area (Å²) >= 11 is 0. The van der Waals surface area contributed by atoms with Crippen molar-refractivity contribution in [2.45, 2.75) is 39.5 Å². The Morgan fingerprint density at radius 2 is 2.00 bits per heavy atom. The van der Waals surface area contributed by atoms with Gasteiger partial charge in [0.2, 0.25) is 12.1 Å². The van der Waals surface area contributed by atoms with E-state index in [0.717, 1.165) is 11.5 Å². The van der Waals surface area contributed by atoms with Crippen LogP contribution in [0, 0.1) is 0 Å². The number of carbonyl (C=O) groups excluding carboxylic acids is 1. The van der Waals surface area contributed by atoms with Crippen molar-refractivity contribution in [3.05, 3.63) is 61.3 Å². The van der Waals surface area contributed by atoms with Crippen molar-refractivity contribution in [2.24, 2.45) is 7.05 Å². The van der Waals surface area contributed by atoms with Crippen molar-refractivity contribution in [3.63, 3.8) is 0 Å². The predicted octanol–water partition coefficient (Wildman–Crippen LogP) is 1.18. The lowest BCUT2D eigenvalue weighted by molar-refractivity contribution is -0.685. The molecular weight excluding hydrogens is 330 g/mol. The number of aromatic nitrogens is 5. The Labute approximate surface area is 153 Å². The van der Waals surface area contributed by atoms with Crippen LogP contribution in [0.2, 0.25) is 0 Å². The van der Waals surface area contributed by atoms with Gasteiger partial charge in [-0.3, -0.25) is 0 Å². The second kappa shape index (κ2) is 7.11. The van der Waals surface area contributed by atoms with Crippen LogP contribution in [0.1, 0.15) is 26.5 Å². The molecule has 0 atom stereocenters. The van der Waals surface area contributed by atoms with E-state index in [1.54, 1.807) is 4.57 Å². The maximum absolute atomic E-state index is 12.0. The van der Waals surface area contributed by atoms with E-state index in [1.807, 2.05) is 92.6 Å². The lowest BCUT2D eigenvalue weighted by Gasteiger charge is -2.18. The van der Waals surface area contributed by atoms with Gasteiger partial charge in [-0.2, -0.15) is 4.57 Å². The molecule has 136 valence electrons. The third-order valence-corrected chi connectivity index (χ3v) is 3.65. The first-order chi connectivity index (χ1) is 12.3. The highest BCUT2D eigenvalue weighted by Crippen LogP contribution is 2.08. The molecule has 0 aromatic carbocycles. The van der Waals surface area contributed by atoms with Crippen LogP contribution in [0.4, 0.5) is 0 Å². The van der Waals surface area contributed by atoms with E-state index in [0.29, 0.717) is 6.54 Å². The number of esters is 1. The van der Waals surface area contributed by atoms with Crippen LogP contribution in [0.5, 0.6) is 0 Å². The molecule has 0 bridgehead atoms. The summed E-state index contributed by atoms with van der Waals surface area (Å²) in [5, 5.41) is 0. The molecule has 3 aromatic heterocycles. The van der Waals surface area contributed by atoms with E-state index < -0.39 is 5.60 Å². The zero-order valence-corrected chi connectivity index (χ0v) is 15.7. The summed E-state index contributed by atoms with van der Waals surface area (Å²) < 4.78 is 13.1. The number of pyridine rings is 1. The fourth-order valence-electron chi connectivity index (χ4n) is 2.63. The highest BCUT2D eigenvalue weighted by Gasteiger charge is 2.19. The number of imidazole rings is 2. The summed E-state index contributed by atoms with van der Waals surface area (Å²) in [6.07, 6.45) is 11.6. The zero-order chi connectivity index (χ0) is 18.7. The van der Waals surface area contributed by atoms with E-state index in [9.17, 15) is 4.79 Å². The molecule has 0 aliphatic heterocycles. The summed E-state index contributed by atoms with van der Waals surface area (Å²) in [7, 11) is 1.99. The van der Waals surface area contributed by atoms with Gasteiger partial charge in [0, 0.05) is 6.07 Å². The SMILES string of the molecule is C[n+]1ccn(Cc2cccc(-n3cc[n+](CC(=O)OC(C)(C)C)c3)n2)c1. The molecular formula is C19H25N5O2+2. The molecule has 0 fully saturated rings. The van der Waals surface area contributed by atoms with Gasteiger partial charge in [-0.05, 0) is 26.8 Å². The summed E-state index contributed by atoms with van der Waals surface area (Å²) in [5.74, 6) is 0.546. The monoisotopic (exact) mass is 355 g/mol. The average molecular weight is 355 g/mol. The molecule has 26 heavy (non-hydrogen) atoms. The van der Waals surface area contributed by atoms with Crippen molar-refractivity contribution < 1.29 is 18.7 Å². The van der Waals surface area contributed by atoms with Crippen molar-refractivity contribution in [1.82, 2.24) is 14.1 Å². The van der Waals surface area contributed by atoms with E-state index >= 15 is 0 Å². The highest BCUT2D eigenvalue weighted by atomic mass is 16.6. The Hall–Kier alpha value is -2.96. The molecule has 0 saturated carbocycles. The summed E-state index contributed by atoms with van der Waals surface area (Å²) in [6.45, 7) is 6.46. The van der Waals surface area contributed by atoms with Gasteiger partial charge in [0.15, 0.2) is 6.54 Å². The van der Waals surface area contributed by atoms with Gasteiger partial charge in [0.1, 0.15) is 36.9 Å². The molecule has 0 unspecified atom stereocenters. The minimum absolute atomic E-state index is 0.170. The average Bonchev–Trinajstić information content (AvgIpc) is 3.15. The van der Waals surface area contributed by atoms with Gasteiger partial charge in [0.05, 0.1) is 12.7 Å². The molecule has 0 amide bonds. The van der Waals surface area contributed by atoms with Crippen LogP contribution < -0.4 is 9.13 Å². The van der Waals surface area contributed by atoms with Crippen molar-refractivity contribution >= 4 is 5.97 Å². The molecule has 0 aliphatic rings. The fourth-order valence-corrected chi connectivity index (χ4v) is 2.63. The van der Waals surface area contributed by atoms with Crippen LogP contribution in [0.25, 0.3) is 5.82 Å². The topological polar surface area (TPSA) is 56.8 Å². The largest absolute Gasteiger partial charge is 0.457 e. The van der Waals surface area contributed by atoms with Gasteiger partial charge in [-0.1, -0.05) is 6.07 Å². The van der Waals surface area contributed by atoms with E-state index in [4.69, 9.17) is 9.72 Å². The van der Waals surface area contributed by atoms with Gasteiger partial charge >= 0.3 is 5.97 Å². The number of rotatable bonds is 5. The second-order valence-electron chi connectivity index (χ2n) is 7.32. The van der Waals surface area contributed by atoms with Crippen molar-refractivity contribution in [3.8, 4) is 5.82 Å². The zero-order valence-electron chi connectivity index (χ0n) is 15.7. The summed E-state index contributed by atoms with van der Waals surface area (Å²) in [5.41, 5.74) is 0.483. The fraction of sp³-hybridized carbons (Fsp3) is 0.368. The first-order valence-electron chi connectivity index (χ1n) is 8.55. The first-order valence-corrected chi connectivity index (χ1v) is 8.55. The maximum atomic E-state index is 12.0. The third kappa shape index (κ3) is 4.78. The third-order valence-electron chi connectivity index (χ3n) is 3.65. The minimum Gasteiger partial charge on any atom is -0.457 e. The van der Waals surface area contributed by atoms with Gasteiger partial charge in [0.25, 0.3) is 6.33 Å². The van der Waals surface area contributed by atoms with E-state index in [2.05, 4.69) is 4.57 Å². The Balaban J connectivity index is 1.71. The van der Waals surface area contributed by atoms with E-state index in [1.165, 1.54) is 0 Å². The predicted molar refractivity (Wildman–Crippen MR) is 94.3 cm³/mol. The Morgan fingerprint density at radius 3 is 2.69 bits per heavy atom. The van der Waals surface area contributed by atoms with Gasteiger partial charge in [-0.25, -0.2) is 23.5 Å². The van der Waals surface area contributed by atoms with Crippen molar-refractivity contribution in [2.75, 3.05) is 0 Å². The van der Waals surface area contributed by atoms with Crippen LogP contribution >= 0.6 is 0 Å². The minimum atomic E-state index is -0.481. The molecule has 3 heterocycles. The molecule has 0 aliphatic carbocycles. The van der Waals surface area contributed by atoms with Crippen molar-refractivity contribution in [1.29, 1.82) is 0 Å². The van der Waals surface area contributed by atoms with Crippen LogP contribution in [-0.4, -0.2) is 25.7 Å². The first kappa shape index (κ1) is 17.8. The second-order valence-corrected chi connectivity index (χ2v) is 7.32. The Morgan fingerprint density at radius 1 is 1.19 bits per heavy atom. The molecule has 0 N–H and O–H groups in total. The number of hydrogen-bond acceptors (Lipinski definition) is 3. The maximum Gasteiger partial charge on any atom is 0.349 e. The Kier molecular flexibility index (Phi) is 4.88. The lowest BCUT2D eigenvalue weighted by Crippen LogP contribution is -2.39. The number of nitrogens with zero attached hydrogens (tertiary/aromatic N) is 5. The van der Waals surface area contributed by atoms with E-state index in [-0.39, 0.29) is 12.5 Å². The molecule has 0 saturated heterocycles. The van der Waals surface area contributed by atoms with Gasteiger partial charge < -0.3 is 4.74 Å². The number of carbonyl (C=O) groups is 1. The molecule has 0 radical (unpaired) electrons. The van der Waals surface area contributed by atoms with Crippen LogP contribution in [0.15, 0.2) is 55.6 Å². The standard InChI is InChI=1S/C19H25N5O2/c1-19(2,3)26-18(25)13-23-10-11-24(15-23)17-7-5-6-16(20-17)12-22-9-8-21(4)14-22/h5-11,14-15H,12-13H2,1-4H3/q+2. The molecule has 7 heteroatoms. The quantitative estimate of drug-likeness (QED) is 0.510. The van der Waals surface area contributed by atoms with Gasteiger partial charge in [-0.15, -0.1) is 0 Å². The molecule has 0 spiro atoms. The summed E-state index contributed by atoms with van der Waals surface area (Å²) in [4.78, 5) is 16.7. The highest BCUT2D eigenvalue weighted by molar-refractivity contribution is 5.68. The Bertz CT molecular complexity index is 905. The number of hydrogen-bond donors (Lipinski definition) is 0. The molecule has 3 rings (SSSR count). The van der Waals surface area contributed by atoms with Crippen LogP contribution in [-0.2, 0) is 29.7 Å². The normalized spacial score (nSPS) is 11.5. The van der Waals surface area contributed by atoms with Crippen LogP contribution in [0.3, 0.4) is 0 Å². The lowest BCUT2D eigenvalue weighted by atomic mass is 10.2. The molecule has 7 nitrogen and oxygen atoms in total.